The maximum Gasteiger partial charge on any atom is 0.0134 e. The molecule has 1 aromatic carbocycles. The van der Waals surface area contributed by atoms with E-state index in [0.29, 0.717) is 6.04 Å². The predicted octanol–water partition coefficient (Wildman–Crippen LogP) is 2.54. The molecule has 1 aliphatic rings. The van der Waals surface area contributed by atoms with Crippen molar-refractivity contribution in [3.05, 3.63) is 35.4 Å². The molecule has 1 N–H and O–H groups in total. The molecular formula is C13H19N. The predicted molar refractivity (Wildman–Crippen MR) is 60.5 cm³/mol. The fourth-order valence-corrected chi connectivity index (χ4v) is 2.27. The molecule has 2 unspecified atom stereocenters. The fourth-order valence-electron chi connectivity index (χ4n) is 2.27. The van der Waals surface area contributed by atoms with Crippen LogP contribution in [0.25, 0.3) is 0 Å². The van der Waals surface area contributed by atoms with Crippen molar-refractivity contribution >= 4 is 0 Å². The van der Waals surface area contributed by atoms with Crippen molar-refractivity contribution in [3.8, 4) is 0 Å². The summed E-state index contributed by atoms with van der Waals surface area (Å²) >= 11 is 0. The van der Waals surface area contributed by atoms with Crippen LogP contribution in [-0.2, 0) is 6.42 Å². The van der Waals surface area contributed by atoms with Gasteiger partial charge in [0.2, 0.25) is 0 Å². The van der Waals surface area contributed by atoms with Gasteiger partial charge in [0.1, 0.15) is 0 Å². The second-order valence-electron chi connectivity index (χ2n) is 4.52. The third-order valence-electron chi connectivity index (χ3n) is 3.23. The quantitative estimate of drug-likeness (QED) is 0.754. The van der Waals surface area contributed by atoms with Crippen molar-refractivity contribution in [2.24, 2.45) is 5.92 Å². The van der Waals surface area contributed by atoms with Gasteiger partial charge in [-0.25, -0.2) is 0 Å². The first kappa shape index (κ1) is 9.72. The average Bonchev–Trinajstić information content (AvgIpc) is 2.52. The molecule has 76 valence electrons. The van der Waals surface area contributed by atoms with Gasteiger partial charge in [-0.15, -0.1) is 0 Å². The Balaban J connectivity index is 2.03. The summed E-state index contributed by atoms with van der Waals surface area (Å²) in [7, 11) is 0. The molecule has 1 aromatic rings. The van der Waals surface area contributed by atoms with Gasteiger partial charge in [0, 0.05) is 6.04 Å². The Kier molecular flexibility index (Phi) is 2.87. The maximum atomic E-state index is 3.57. The minimum absolute atomic E-state index is 0.691. The first-order valence-corrected chi connectivity index (χ1v) is 5.54. The molecule has 0 aromatic heterocycles. The first-order chi connectivity index (χ1) is 6.75. The van der Waals surface area contributed by atoms with Crippen molar-refractivity contribution in [2.45, 2.75) is 32.7 Å². The molecule has 1 saturated heterocycles. The summed E-state index contributed by atoms with van der Waals surface area (Å²) in [5, 5.41) is 3.57. The molecule has 0 radical (unpaired) electrons. The molecular weight excluding hydrogens is 170 g/mol. The van der Waals surface area contributed by atoms with E-state index < -0.39 is 0 Å². The zero-order valence-corrected chi connectivity index (χ0v) is 9.09. The Hall–Kier alpha value is -0.820. The largest absolute Gasteiger partial charge is 0.313 e. The Bertz CT molecular complexity index is 306. The van der Waals surface area contributed by atoms with Gasteiger partial charge in [-0.2, -0.15) is 0 Å². The normalized spacial score (nSPS) is 26.7. The summed E-state index contributed by atoms with van der Waals surface area (Å²) in [5.74, 6) is 0.829. The zero-order chi connectivity index (χ0) is 9.97. The minimum atomic E-state index is 0.691. The smallest absolute Gasteiger partial charge is 0.0134 e. The Morgan fingerprint density at radius 2 is 2.29 bits per heavy atom. The number of nitrogens with one attached hydrogen (secondary N) is 1. The van der Waals surface area contributed by atoms with Crippen LogP contribution in [0.15, 0.2) is 24.3 Å². The van der Waals surface area contributed by atoms with Gasteiger partial charge in [-0.1, -0.05) is 36.8 Å². The fraction of sp³-hybridized carbons (Fsp3) is 0.538. The van der Waals surface area contributed by atoms with E-state index >= 15 is 0 Å². The average molecular weight is 189 g/mol. The Morgan fingerprint density at radius 3 is 2.93 bits per heavy atom. The van der Waals surface area contributed by atoms with E-state index in [1.165, 1.54) is 30.5 Å². The SMILES string of the molecule is Cc1cccc(CC2NCCC2C)c1. The van der Waals surface area contributed by atoms with Gasteiger partial charge < -0.3 is 5.32 Å². The van der Waals surface area contributed by atoms with E-state index in [1.807, 2.05) is 0 Å². The standard InChI is InChI=1S/C13H19N/c1-10-4-3-5-12(8-10)9-13-11(2)6-7-14-13/h3-5,8,11,13-14H,6-7,9H2,1-2H3. The zero-order valence-electron chi connectivity index (χ0n) is 9.09. The van der Waals surface area contributed by atoms with E-state index in [4.69, 9.17) is 0 Å². The minimum Gasteiger partial charge on any atom is -0.313 e. The number of rotatable bonds is 2. The Morgan fingerprint density at radius 1 is 1.43 bits per heavy atom. The van der Waals surface area contributed by atoms with E-state index in [0.717, 1.165) is 5.92 Å². The molecule has 1 nitrogen and oxygen atoms in total. The molecule has 14 heavy (non-hydrogen) atoms. The molecule has 1 heterocycles. The van der Waals surface area contributed by atoms with Crippen LogP contribution in [0, 0.1) is 12.8 Å². The third kappa shape index (κ3) is 2.16. The van der Waals surface area contributed by atoms with Crippen molar-refractivity contribution in [2.75, 3.05) is 6.54 Å². The highest BCUT2D eigenvalue weighted by Crippen LogP contribution is 2.18. The maximum absolute atomic E-state index is 3.57. The van der Waals surface area contributed by atoms with Crippen LogP contribution in [0.4, 0.5) is 0 Å². The van der Waals surface area contributed by atoms with Crippen molar-refractivity contribution in [3.63, 3.8) is 0 Å². The van der Waals surface area contributed by atoms with Crippen LogP contribution >= 0.6 is 0 Å². The van der Waals surface area contributed by atoms with Crippen LogP contribution in [-0.4, -0.2) is 12.6 Å². The lowest BCUT2D eigenvalue weighted by molar-refractivity contribution is 0.480. The molecule has 0 saturated carbocycles. The highest BCUT2D eigenvalue weighted by Gasteiger charge is 2.22. The van der Waals surface area contributed by atoms with Gasteiger partial charge in [-0.3, -0.25) is 0 Å². The lowest BCUT2D eigenvalue weighted by Crippen LogP contribution is -2.27. The number of aryl methyl sites for hydroxylation is 1. The van der Waals surface area contributed by atoms with Crippen LogP contribution < -0.4 is 5.32 Å². The van der Waals surface area contributed by atoms with E-state index in [2.05, 4.69) is 43.4 Å². The summed E-state index contributed by atoms with van der Waals surface area (Å²) < 4.78 is 0. The summed E-state index contributed by atoms with van der Waals surface area (Å²) in [4.78, 5) is 0. The lowest BCUT2D eigenvalue weighted by Gasteiger charge is -2.15. The molecule has 0 bridgehead atoms. The number of hydrogen-bond donors (Lipinski definition) is 1. The molecule has 1 heteroatoms. The molecule has 1 fully saturated rings. The second-order valence-corrected chi connectivity index (χ2v) is 4.52. The molecule has 0 spiro atoms. The molecule has 1 aliphatic heterocycles. The lowest BCUT2D eigenvalue weighted by atomic mass is 9.96. The van der Waals surface area contributed by atoms with E-state index in [1.54, 1.807) is 0 Å². The van der Waals surface area contributed by atoms with Crippen molar-refractivity contribution in [1.29, 1.82) is 0 Å². The van der Waals surface area contributed by atoms with Gasteiger partial charge in [0.25, 0.3) is 0 Å². The van der Waals surface area contributed by atoms with Gasteiger partial charge in [0.05, 0.1) is 0 Å². The van der Waals surface area contributed by atoms with Gasteiger partial charge >= 0.3 is 0 Å². The number of benzene rings is 1. The van der Waals surface area contributed by atoms with E-state index in [9.17, 15) is 0 Å². The topological polar surface area (TPSA) is 12.0 Å². The van der Waals surface area contributed by atoms with Crippen LogP contribution in [0.1, 0.15) is 24.5 Å². The Labute approximate surface area is 86.5 Å². The number of hydrogen-bond acceptors (Lipinski definition) is 1. The molecule has 2 rings (SSSR count). The first-order valence-electron chi connectivity index (χ1n) is 5.54. The third-order valence-corrected chi connectivity index (χ3v) is 3.23. The monoisotopic (exact) mass is 189 g/mol. The summed E-state index contributed by atoms with van der Waals surface area (Å²) in [5.41, 5.74) is 2.84. The molecule has 0 aliphatic carbocycles. The summed E-state index contributed by atoms with van der Waals surface area (Å²) in [6, 6.07) is 9.54. The van der Waals surface area contributed by atoms with Crippen molar-refractivity contribution in [1.82, 2.24) is 5.32 Å². The highest BCUT2D eigenvalue weighted by atomic mass is 14.9. The molecule has 0 amide bonds. The highest BCUT2D eigenvalue weighted by molar-refractivity contribution is 5.23. The van der Waals surface area contributed by atoms with Crippen LogP contribution in [0.2, 0.25) is 0 Å². The van der Waals surface area contributed by atoms with Gasteiger partial charge in [0.15, 0.2) is 0 Å². The van der Waals surface area contributed by atoms with E-state index in [-0.39, 0.29) is 0 Å². The van der Waals surface area contributed by atoms with Crippen molar-refractivity contribution < 1.29 is 0 Å². The van der Waals surface area contributed by atoms with Crippen LogP contribution in [0.3, 0.4) is 0 Å². The molecule has 2 atom stereocenters. The van der Waals surface area contributed by atoms with Gasteiger partial charge in [-0.05, 0) is 37.8 Å². The second kappa shape index (κ2) is 4.14. The van der Waals surface area contributed by atoms with Crippen LogP contribution in [0.5, 0.6) is 0 Å². The summed E-state index contributed by atoms with van der Waals surface area (Å²) in [6.45, 7) is 5.70. The summed E-state index contributed by atoms with van der Waals surface area (Å²) in [6.07, 6.45) is 2.51.